The Labute approximate surface area is 313 Å². The number of amidine groups is 2. The van der Waals surface area contributed by atoms with Crippen molar-refractivity contribution in [1.29, 1.82) is 10.8 Å². The molecule has 0 bridgehead atoms. The smallest absolute Gasteiger partial charge is 0.246 e. The highest BCUT2D eigenvalue weighted by Crippen LogP contribution is 2.34. The predicted octanol–water partition coefficient (Wildman–Crippen LogP) is 6.89. The molecule has 2 heterocycles. The predicted molar refractivity (Wildman–Crippen MR) is 208 cm³/mol. The molecule has 2 aliphatic rings. The lowest BCUT2D eigenvalue weighted by Crippen LogP contribution is -2.42. The van der Waals surface area contributed by atoms with E-state index >= 15 is 0 Å². The molecule has 53 heavy (non-hydrogen) atoms. The van der Waals surface area contributed by atoms with Gasteiger partial charge in [-0.25, -0.2) is 0 Å². The summed E-state index contributed by atoms with van der Waals surface area (Å²) in [6, 6.07) is 24.3. The van der Waals surface area contributed by atoms with Crippen molar-refractivity contribution in [3.8, 4) is 17.2 Å². The number of carbonyl (C=O) groups is 2. The second-order valence-corrected chi connectivity index (χ2v) is 13.5. The molecule has 1 atom stereocenters. The normalized spacial score (nSPS) is 16.2. The monoisotopic (exact) mass is 732 g/mol. The molecule has 4 aromatic rings. The number of piperidine rings is 1. The van der Waals surface area contributed by atoms with Crippen molar-refractivity contribution in [2.24, 2.45) is 4.99 Å². The Balaban J connectivity index is 1.11. The molecule has 1 saturated heterocycles. The molecule has 0 unspecified atom stereocenters. The van der Waals surface area contributed by atoms with Crippen molar-refractivity contribution >= 4 is 52.6 Å². The van der Waals surface area contributed by atoms with E-state index in [0.717, 1.165) is 29.5 Å². The largest absolute Gasteiger partial charge is 0.504 e. The van der Waals surface area contributed by atoms with Gasteiger partial charge in [0.2, 0.25) is 11.8 Å². The lowest BCUT2D eigenvalue weighted by Gasteiger charge is -2.31. The van der Waals surface area contributed by atoms with Crippen molar-refractivity contribution in [3.63, 3.8) is 0 Å². The van der Waals surface area contributed by atoms with Gasteiger partial charge in [-0.3, -0.25) is 30.3 Å². The summed E-state index contributed by atoms with van der Waals surface area (Å²) in [6.45, 7) is 3.10. The summed E-state index contributed by atoms with van der Waals surface area (Å²) >= 11 is 6.20. The Hall–Kier alpha value is -5.94. The van der Waals surface area contributed by atoms with E-state index < -0.39 is 6.04 Å². The van der Waals surface area contributed by atoms with E-state index in [1.54, 1.807) is 55.3 Å². The number of aliphatic imine (C=N–C) groups is 1. The van der Waals surface area contributed by atoms with E-state index in [1.807, 2.05) is 30.3 Å². The number of likely N-dealkylation sites (tertiary alicyclic amines) is 1. The molecule has 0 saturated carbocycles. The number of benzodiazepines with no additional fused rings is 1. The molecule has 0 aromatic heterocycles. The summed E-state index contributed by atoms with van der Waals surface area (Å²) in [4.78, 5) is 34.6. The first-order chi connectivity index (χ1) is 25.5. The van der Waals surface area contributed by atoms with Crippen LogP contribution in [-0.2, 0) is 16.1 Å². The minimum atomic E-state index is -0.873. The molecule has 5 N–H and O–H groups in total. The van der Waals surface area contributed by atoms with E-state index in [1.165, 1.54) is 23.1 Å². The molecule has 272 valence electrons. The number of rotatable bonds is 9. The van der Waals surface area contributed by atoms with Gasteiger partial charge in [-0.1, -0.05) is 54.1 Å². The van der Waals surface area contributed by atoms with Crippen LogP contribution >= 0.6 is 11.6 Å². The van der Waals surface area contributed by atoms with E-state index in [-0.39, 0.29) is 47.3 Å². The van der Waals surface area contributed by atoms with Crippen LogP contribution in [-0.4, -0.2) is 70.6 Å². The van der Waals surface area contributed by atoms with E-state index in [2.05, 4.69) is 17.4 Å². The minimum Gasteiger partial charge on any atom is -0.504 e. The summed E-state index contributed by atoms with van der Waals surface area (Å²) in [5.41, 5.74) is 5.29. The number of aromatic hydroxyl groups is 2. The number of anilines is 1. The first-order valence-corrected chi connectivity index (χ1v) is 17.7. The van der Waals surface area contributed by atoms with Crippen molar-refractivity contribution in [2.45, 2.75) is 44.7 Å². The van der Waals surface area contributed by atoms with Crippen LogP contribution < -0.4 is 15.0 Å². The Morgan fingerprint density at radius 2 is 1.75 bits per heavy atom. The standard InChI is InChI=1S/C41H41ClN6O5/c1-25(43)48-35-13-12-32(53-2)22-33(35)40(29-8-10-31(42)11-9-29)46-34(41(48)44)23-38(51)45-24-27-4-3-5-30(20-27)28-16-18-47(19-17-28)39(52)15-7-26-6-14-36(49)37(50)21-26/h3-15,20-22,28,34,43-44,49-50H,16-19,23-24H2,1-2H3,(H,45,51)/t34-/m0/s1. The molecule has 12 heteroatoms. The van der Waals surface area contributed by atoms with Crippen LogP contribution in [0.4, 0.5) is 5.69 Å². The zero-order valence-corrected chi connectivity index (χ0v) is 30.2. The first kappa shape index (κ1) is 36.8. The second kappa shape index (κ2) is 16.2. The van der Waals surface area contributed by atoms with Gasteiger partial charge in [0.1, 0.15) is 23.5 Å². The maximum atomic E-state index is 13.5. The van der Waals surface area contributed by atoms with Crippen LogP contribution in [0.15, 0.2) is 96.0 Å². The van der Waals surface area contributed by atoms with Gasteiger partial charge in [-0.15, -0.1) is 0 Å². The third-order valence-electron chi connectivity index (χ3n) is 9.51. The summed E-state index contributed by atoms with van der Waals surface area (Å²) in [7, 11) is 1.57. The quantitative estimate of drug-likeness (QED) is 0.0545. The third kappa shape index (κ3) is 8.58. The van der Waals surface area contributed by atoms with Gasteiger partial charge in [-0.2, -0.15) is 0 Å². The average Bonchev–Trinajstić information content (AvgIpc) is 3.28. The molecule has 4 aromatic carbocycles. The fourth-order valence-corrected chi connectivity index (χ4v) is 6.82. The fraction of sp³-hybridized carbons (Fsp3) is 0.244. The summed E-state index contributed by atoms with van der Waals surface area (Å²) in [5.74, 6) is 0.160. The molecular formula is C41H41ClN6O5. The summed E-state index contributed by atoms with van der Waals surface area (Å²) in [6.07, 6.45) is 4.60. The molecule has 0 spiro atoms. The van der Waals surface area contributed by atoms with E-state index in [9.17, 15) is 19.8 Å². The number of halogens is 1. The molecule has 1 fully saturated rings. The maximum Gasteiger partial charge on any atom is 0.246 e. The molecule has 11 nitrogen and oxygen atoms in total. The number of ether oxygens (including phenoxy) is 1. The van der Waals surface area contributed by atoms with Crippen LogP contribution in [0.1, 0.15) is 59.9 Å². The number of nitrogens with one attached hydrogen (secondary N) is 3. The van der Waals surface area contributed by atoms with Gasteiger partial charge in [0.15, 0.2) is 11.5 Å². The van der Waals surface area contributed by atoms with Crippen LogP contribution in [0.25, 0.3) is 6.08 Å². The topological polar surface area (TPSA) is 162 Å². The van der Waals surface area contributed by atoms with Gasteiger partial charge < -0.3 is 25.2 Å². The number of hydrogen-bond donors (Lipinski definition) is 5. The molecule has 2 amide bonds. The highest BCUT2D eigenvalue weighted by Gasteiger charge is 2.32. The van der Waals surface area contributed by atoms with Crippen molar-refractivity contribution in [2.75, 3.05) is 25.1 Å². The third-order valence-corrected chi connectivity index (χ3v) is 9.76. The molecule has 0 aliphatic carbocycles. The molecular weight excluding hydrogens is 692 g/mol. The lowest BCUT2D eigenvalue weighted by molar-refractivity contribution is -0.127. The number of benzene rings is 4. The summed E-state index contributed by atoms with van der Waals surface area (Å²) in [5, 5.41) is 40.5. The van der Waals surface area contributed by atoms with Gasteiger partial charge in [-0.05, 0) is 90.9 Å². The van der Waals surface area contributed by atoms with E-state index in [0.29, 0.717) is 52.9 Å². The van der Waals surface area contributed by atoms with Crippen LogP contribution in [0.5, 0.6) is 17.2 Å². The summed E-state index contributed by atoms with van der Waals surface area (Å²) < 4.78 is 5.51. The minimum absolute atomic E-state index is 0.0185. The Kier molecular flexibility index (Phi) is 11.2. The average molecular weight is 733 g/mol. The van der Waals surface area contributed by atoms with Crippen LogP contribution in [0, 0.1) is 10.8 Å². The first-order valence-electron chi connectivity index (χ1n) is 17.3. The van der Waals surface area contributed by atoms with E-state index in [4.69, 9.17) is 32.1 Å². The zero-order valence-electron chi connectivity index (χ0n) is 29.5. The van der Waals surface area contributed by atoms with Gasteiger partial charge in [0, 0.05) is 41.9 Å². The number of nitrogens with zero attached hydrogens (tertiary/aromatic N) is 3. The Morgan fingerprint density at radius 1 is 1.00 bits per heavy atom. The van der Waals surface area contributed by atoms with Gasteiger partial charge in [0.05, 0.1) is 24.9 Å². The number of phenols is 2. The highest BCUT2D eigenvalue weighted by atomic mass is 35.5. The zero-order chi connectivity index (χ0) is 37.6. The lowest BCUT2D eigenvalue weighted by atomic mass is 9.88. The number of carbonyl (C=O) groups excluding carboxylic acids is 2. The Morgan fingerprint density at radius 3 is 2.45 bits per heavy atom. The SMILES string of the molecule is COc1ccc2c(c1)C(c1ccc(Cl)cc1)=N[C@@H](CC(=O)NCc1cccc(C3CCN(C(=O)C=Cc4ccc(O)c(O)c4)CC3)c1)C(=N)N2C(C)=N. The van der Waals surface area contributed by atoms with Crippen molar-refractivity contribution < 1.29 is 24.5 Å². The number of phenolic OH excluding ortho intramolecular Hbond substituents is 2. The molecule has 2 aliphatic heterocycles. The highest BCUT2D eigenvalue weighted by molar-refractivity contribution is 6.31. The van der Waals surface area contributed by atoms with Crippen LogP contribution in [0.3, 0.4) is 0 Å². The number of fused-ring (bicyclic) bond motifs is 1. The molecule has 0 radical (unpaired) electrons. The van der Waals surface area contributed by atoms with Gasteiger partial charge in [0.25, 0.3) is 0 Å². The number of amides is 2. The number of hydrogen-bond acceptors (Lipinski definition) is 8. The van der Waals surface area contributed by atoms with Crippen molar-refractivity contribution in [3.05, 3.63) is 124 Å². The maximum absolute atomic E-state index is 13.5. The van der Waals surface area contributed by atoms with Crippen molar-refractivity contribution in [1.82, 2.24) is 10.2 Å². The second-order valence-electron chi connectivity index (χ2n) is 13.1. The number of methoxy groups -OCH3 is 1. The van der Waals surface area contributed by atoms with Gasteiger partial charge >= 0.3 is 0 Å². The fourth-order valence-electron chi connectivity index (χ4n) is 6.69. The molecule has 6 rings (SSSR count). The van der Waals surface area contributed by atoms with Crippen LogP contribution in [0.2, 0.25) is 5.02 Å². The Bertz CT molecular complexity index is 2110.